The zero-order chi connectivity index (χ0) is 43.3. The van der Waals surface area contributed by atoms with Crippen LogP contribution in [0.3, 0.4) is 0 Å². The first-order chi connectivity index (χ1) is 31.3. The predicted molar refractivity (Wildman–Crippen MR) is 252 cm³/mol. The second-order valence-corrected chi connectivity index (χ2v) is 19.0. The number of rotatable bonds is 11. The van der Waals surface area contributed by atoms with Gasteiger partial charge in [0.2, 0.25) is 0 Å². The lowest BCUT2D eigenvalue weighted by molar-refractivity contribution is 0.0755. The number of ether oxygens (including phenoxy) is 1. The lowest BCUT2D eigenvalue weighted by atomic mass is 9.69. The van der Waals surface area contributed by atoms with Gasteiger partial charge in [0, 0.05) is 79.5 Å². The molecular formula is C52H54N8O3S. The summed E-state index contributed by atoms with van der Waals surface area (Å²) >= 11 is 1.78. The van der Waals surface area contributed by atoms with Gasteiger partial charge < -0.3 is 19.2 Å². The zero-order valence-electron chi connectivity index (χ0n) is 36.7. The number of anilines is 1. The highest BCUT2D eigenvalue weighted by molar-refractivity contribution is 7.15. The molecule has 3 aliphatic heterocycles. The third-order valence-corrected chi connectivity index (χ3v) is 15.3. The highest BCUT2D eigenvalue weighted by atomic mass is 32.1. The van der Waals surface area contributed by atoms with Gasteiger partial charge in [-0.1, -0.05) is 60.7 Å². The summed E-state index contributed by atoms with van der Waals surface area (Å²) in [5.74, 6) is 4.18. The first-order valence-electron chi connectivity index (χ1n) is 22.7. The van der Waals surface area contributed by atoms with Crippen LogP contribution in [-0.2, 0) is 12.8 Å². The summed E-state index contributed by atoms with van der Waals surface area (Å²) in [5, 5.41) is 20.4. The third-order valence-electron chi connectivity index (χ3n) is 14.1. The number of hydrogen-bond acceptors (Lipinski definition) is 11. The molecule has 7 aromatic rings. The van der Waals surface area contributed by atoms with E-state index in [9.17, 15) is 5.11 Å². The Balaban J connectivity index is 0.686. The van der Waals surface area contributed by atoms with Crippen LogP contribution in [0.2, 0.25) is 0 Å². The smallest absolute Gasteiger partial charge is 0.196 e. The number of fused-ring (bicyclic) bond motifs is 4. The Morgan fingerprint density at radius 1 is 0.859 bits per heavy atom. The van der Waals surface area contributed by atoms with Gasteiger partial charge in [-0.05, 0) is 104 Å². The Morgan fingerprint density at radius 2 is 1.66 bits per heavy atom. The summed E-state index contributed by atoms with van der Waals surface area (Å²) in [6.07, 6.45) is 5.83. The molecule has 1 N–H and O–H groups in total. The highest BCUT2D eigenvalue weighted by Gasteiger charge is 2.36. The van der Waals surface area contributed by atoms with Gasteiger partial charge in [-0.3, -0.25) is 19.4 Å². The van der Waals surface area contributed by atoms with E-state index in [4.69, 9.17) is 14.1 Å². The van der Waals surface area contributed by atoms with Crippen molar-refractivity contribution in [1.29, 1.82) is 0 Å². The van der Waals surface area contributed by atoms with Gasteiger partial charge in [0.25, 0.3) is 0 Å². The first-order valence-corrected chi connectivity index (χ1v) is 23.6. The molecule has 4 aromatic carbocycles. The Hall–Kier alpha value is -6.08. The Morgan fingerprint density at radius 3 is 2.42 bits per heavy atom. The van der Waals surface area contributed by atoms with E-state index < -0.39 is 0 Å². The van der Waals surface area contributed by atoms with Crippen LogP contribution in [-0.4, -0.2) is 98.8 Å². The number of aliphatic imine (C=N–C) groups is 1. The lowest BCUT2D eigenvalue weighted by Gasteiger charge is -2.49. The molecule has 1 aliphatic carbocycles. The highest BCUT2D eigenvalue weighted by Crippen LogP contribution is 2.47. The number of piperazine rings is 1. The number of aromatic hydroxyl groups is 1. The van der Waals surface area contributed by atoms with Crippen LogP contribution in [0, 0.1) is 20.8 Å². The van der Waals surface area contributed by atoms with E-state index in [2.05, 4.69) is 133 Å². The van der Waals surface area contributed by atoms with Crippen molar-refractivity contribution in [2.45, 2.75) is 64.0 Å². The molecule has 0 unspecified atom stereocenters. The Kier molecular flexibility index (Phi) is 10.9. The number of aryl methyl sites for hydroxylation is 3. The van der Waals surface area contributed by atoms with E-state index in [1.54, 1.807) is 23.8 Å². The molecule has 0 amide bonds. The monoisotopic (exact) mass is 870 g/mol. The quantitative estimate of drug-likeness (QED) is 0.137. The molecule has 2 fully saturated rings. The van der Waals surface area contributed by atoms with E-state index >= 15 is 0 Å². The van der Waals surface area contributed by atoms with Crippen molar-refractivity contribution in [3.05, 3.63) is 171 Å². The number of thiophene rings is 1. The molecule has 0 spiro atoms. The molecule has 0 radical (unpaired) electrons. The molecule has 11 nitrogen and oxygen atoms in total. The predicted octanol–water partition coefficient (Wildman–Crippen LogP) is 8.83. The summed E-state index contributed by atoms with van der Waals surface area (Å²) in [7, 11) is 0. The molecule has 64 heavy (non-hydrogen) atoms. The number of hydrogen-bond donors (Lipinski definition) is 1. The van der Waals surface area contributed by atoms with Crippen molar-refractivity contribution < 1.29 is 14.3 Å². The molecule has 12 heteroatoms. The maximum absolute atomic E-state index is 10.2. The van der Waals surface area contributed by atoms with Crippen molar-refractivity contribution in [3.8, 4) is 16.5 Å². The largest absolute Gasteiger partial charge is 0.508 e. The minimum atomic E-state index is -0.284. The van der Waals surface area contributed by atoms with Gasteiger partial charge in [-0.2, -0.15) is 0 Å². The second kappa shape index (κ2) is 17.1. The summed E-state index contributed by atoms with van der Waals surface area (Å²) < 4.78 is 14.2. The minimum absolute atomic E-state index is 0.234. The van der Waals surface area contributed by atoms with Crippen molar-refractivity contribution >= 4 is 22.7 Å². The summed E-state index contributed by atoms with van der Waals surface area (Å²) in [6.45, 7) is 14.3. The average molecular weight is 871 g/mol. The van der Waals surface area contributed by atoms with Gasteiger partial charge in [0.15, 0.2) is 11.7 Å². The van der Waals surface area contributed by atoms with Gasteiger partial charge in [0.1, 0.15) is 41.2 Å². The molecule has 326 valence electrons. The number of nitrogens with zero attached hydrogens (tertiary/aromatic N) is 8. The summed E-state index contributed by atoms with van der Waals surface area (Å²) in [5.41, 5.74) is 10.9. The van der Waals surface area contributed by atoms with E-state index in [-0.39, 0.29) is 12.0 Å². The van der Waals surface area contributed by atoms with Crippen LogP contribution in [0.5, 0.6) is 11.5 Å². The lowest BCUT2D eigenvalue weighted by Crippen LogP contribution is -2.63. The van der Waals surface area contributed by atoms with Crippen molar-refractivity contribution in [1.82, 2.24) is 29.5 Å². The molecule has 6 heterocycles. The van der Waals surface area contributed by atoms with E-state index in [0.717, 1.165) is 97.9 Å². The number of phenols is 1. The molecule has 0 saturated carbocycles. The van der Waals surface area contributed by atoms with Crippen molar-refractivity contribution in [2.24, 2.45) is 4.99 Å². The molecular weight excluding hydrogens is 817 g/mol. The van der Waals surface area contributed by atoms with Crippen LogP contribution in [0.25, 0.3) is 5.00 Å². The van der Waals surface area contributed by atoms with Crippen LogP contribution >= 0.6 is 11.3 Å². The summed E-state index contributed by atoms with van der Waals surface area (Å²) in [4.78, 5) is 18.8. The van der Waals surface area contributed by atoms with E-state index in [1.165, 1.54) is 38.4 Å². The summed E-state index contributed by atoms with van der Waals surface area (Å²) in [6, 6.07) is 34.8. The molecule has 11 rings (SSSR count). The Bertz CT molecular complexity index is 2770. The third kappa shape index (κ3) is 7.71. The van der Waals surface area contributed by atoms with Crippen LogP contribution in [0.15, 0.2) is 119 Å². The molecule has 4 aliphatic rings. The molecule has 2 saturated heterocycles. The maximum atomic E-state index is 10.2. The van der Waals surface area contributed by atoms with Crippen LogP contribution in [0.4, 0.5) is 5.69 Å². The number of aromatic nitrogens is 4. The molecule has 3 atom stereocenters. The van der Waals surface area contributed by atoms with Crippen molar-refractivity contribution in [3.63, 3.8) is 0 Å². The van der Waals surface area contributed by atoms with Gasteiger partial charge in [0.05, 0.1) is 18.3 Å². The van der Waals surface area contributed by atoms with Gasteiger partial charge in [-0.25, -0.2) is 4.98 Å². The second-order valence-electron chi connectivity index (χ2n) is 17.8. The van der Waals surface area contributed by atoms with Crippen molar-refractivity contribution in [2.75, 3.05) is 57.3 Å². The Labute approximate surface area is 378 Å². The zero-order valence-corrected chi connectivity index (χ0v) is 37.5. The molecule has 3 aromatic heterocycles. The average Bonchev–Trinajstić information content (AvgIpc) is 4.02. The van der Waals surface area contributed by atoms with Gasteiger partial charge >= 0.3 is 0 Å². The maximum Gasteiger partial charge on any atom is 0.196 e. The van der Waals surface area contributed by atoms with E-state index in [0.29, 0.717) is 36.6 Å². The first kappa shape index (κ1) is 40.7. The fraction of sp³-hybridized carbons (Fsp3) is 0.346. The number of phenolic OH excluding ortho intramolecular Hbond substituents is 1. The van der Waals surface area contributed by atoms with Crippen LogP contribution in [0.1, 0.15) is 85.7 Å². The molecule has 0 bridgehead atoms. The van der Waals surface area contributed by atoms with E-state index in [1.807, 2.05) is 19.1 Å². The standard InChI is InChI=1S/C52H54N8O3S/c1-33-34(2)64-52-48(33)50(54-46(30-47-53-21-27-63-47)51-56-55-35(3)60(51)52)38-9-14-40(15-10-38)59-31-41(32-59)58-24-22-57(23-25-58)26-28-62-43-17-11-37(12-18-43)49-44(36-7-5-4-6-8-36)19-13-39-29-42(61)16-20-45(39)49/h4-12,14-18,20-21,27,29,41,44,46,49,61H,13,19,22-26,28,30-32H2,1-3H3/t44-,46+,49+/m1/s1. The van der Waals surface area contributed by atoms with Gasteiger partial charge in [-0.15, -0.1) is 21.5 Å². The number of oxazole rings is 1. The topological polar surface area (TPSA) is 108 Å². The number of benzene rings is 4. The fourth-order valence-electron chi connectivity index (χ4n) is 10.5. The van der Waals surface area contributed by atoms with Crippen LogP contribution < -0.4 is 9.64 Å². The normalized spacial score (nSPS) is 20.2. The SMILES string of the molecule is Cc1sc2c(c1C)C(c1ccc(N3CC(N4CCN(CCOc5ccc([C@@H]6c7ccc(O)cc7CC[C@@H]6c6ccccc6)cc5)CC4)C3)cc1)=N[C@@H](Cc1ncco1)c1nnc(C)n1-2. The minimum Gasteiger partial charge on any atom is -0.508 e. The fourth-order valence-corrected chi connectivity index (χ4v) is 11.7.